The molecule has 4 rings (SSSR count). The quantitative estimate of drug-likeness (QED) is 0.715. The molecule has 1 aliphatic rings. The molecule has 0 spiro atoms. The van der Waals surface area contributed by atoms with Crippen LogP contribution in [-0.4, -0.2) is 9.67 Å². The van der Waals surface area contributed by atoms with Crippen LogP contribution in [0.4, 0.5) is 0 Å². The van der Waals surface area contributed by atoms with Crippen LogP contribution in [0.25, 0.3) is 22.2 Å². The van der Waals surface area contributed by atoms with Crippen molar-refractivity contribution in [2.24, 2.45) is 7.05 Å². The number of aliphatic hydroxyl groups is 1. The molecule has 2 aromatic carbocycles. The summed E-state index contributed by atoms with van der Waals surface area (Å²) in [5.74, 6) is 0. The van der Waals surface area contributed by atoms with Gasteiger partial charge in [-0.05, 0) is 41.7 Å². The standard InChI is InChI=1S/C18H17NO/c1-19-17-9-6-12(11-20)10-16(17)15-8-7-13-4-2-3-5-14(13)18(15)19/h2-6,9-10,20H,7-8,11H2,1H3. The Morgan fingerprint density at radius 1 is 1.10 bits per heavy atom. The molecule has 1 N–H and O–H groups in total. The topological polar surface area (TPSA) is 25.2 Å². The molecule has 1 aromatic heterocycles. The first-order valence-corrected chi connectivity index (χ1v) is 7.09. The largest absolute Gasteiger partial charge is 0.392 e. The number of benzene rings is 2. The minimum Gasteiger partial charge on any atom is -0.392 e. The normalized spacial score (nSPS) is 13.3. The van der Waals surface area contributed by atoms with E-state index < -0.39 is 0 Å². The summed E-state index contributed by atoms with van der Waals surface area (Å²) in [6.07, 6.45) is 2.18. The number of aliphatic hydroxyl groups excluding tert-OH is 1. The molecule has 0 saturated carbocycles. The van der Waals surface area contributed by atoms with Gasteiger partial charge in [-0.15, -0.1) is 0 Å². The van der Waals surface area contributed by atoms with E-state index in [1.165, 1.54) is 33.3 Å². The number of aryl methyl sites for hydroxylation is 3. The van der Waals surface area contributed by atoms with E-state index >= 15 is 0 Å². The monoisotopic (exact) mass is 263 g/mol. The van der Waals surface area contributed by atoms with Crippen molar-refractivity contribution in [2.45, 2.75) is 19.4 Å². The summed E-state index contributed by atoms with van der Waals surface area (Å²) in [6.45, 7) is 0.107. The van der Waals surface area contributed by atoms with Gasteiger partial charge in [0.05, 0.1) is 12.3 Å². The van der Waals surface area contributed by atoms with Gasteiger partial charge in [0.1, 0.15) is 0 Å². The third-order valence-electron chi connectivity index (χ3n) is 4.47. The van der Waals surface area contributed by atoms with Gasteiger partial charge in [0.2, 0.25) is 0 Å². The van der Waals surface area contributed by atoms with Gasteiger partial charge in [-0.1, -0.05) is 30.3 Å². The van der Waals surface area contributed by atoms with Gasteiger partial charge >= 0.3 is 0 Å². The van der Waals surface area contributed by atoms with Crippen LogP contribution in [-0.2, 0) is 26.5 Å². The van der Waals surface area contributed by atoms with Gasteiger partial charge in [0.25, 0.3) is 0 Å². The van der Waals surface area contributed by atoms with Crippen molar-refractivity contribution in [1.82, 2.24) is 4.57 Å². The molecular weight excluding hydrogens is 246 g/mol. The first-order chi connectivity index (χ1) is 9.79. The summed E-state index contributed by atoms with van der Waals surface area (Å²) < 4.78 is 2.30. The fourth-order valence-corrected chi connectivity index (χ4v) is 3.49. The Morgan fingerprint density at radius 3 is 2.80 bits per heavy atom. The van der Waals surface area contributed by atoms with E-state index in [4.69, 9.17) is 0 Å². The zero-order valence-electron chi connectivity index (χ0n) is 11.6. The van der Waals surface area contributed by atoms with Crippen molar-refractivity contribution >= 4 is 10.9 Å². The Bertz CT molecular complexity index is 814. The highest BCUT2D eigenvalue weighted by Crippen LogP contribution is 2.39. The molecule has 0 atom stereocenters. The lowest BCUT2D eigenvalue weighted by Crippen LogP contribution is -2.05. The number of hydrogen-bond donors (Lipinski definition) is 1. The molecule has 3 aromatic rings. The zero-order chi connectivity index (χ0) is 13.7. The van der Waals surface area contributed by atoms with Crippen LogP contribution in [0, 0.1) is 0 Å². The van der Waals surface area contributed by atoms with Crippen molar-refractivity contribution in [3.8, 4) is 11.3 Å². The number of rotatable bonds is 1. The summed E-state index contributed by atoms with van der Waals surface area (Å²) in [5.41, 5.74) is 7.81. The molecule has 0 radical (unpaired) electrons. The van der Waals surface area contributed by atoms with Crippen molar-refractivity contribution in [3.63, 3.8) is 0 Å². The summed E-state index contributed by atoms with van der Waals surface area (Å²) in [6, 6.07) is 15.0. The predicted octanol–water partition coefficient (Wildman–Crippen LogP) is 3.44. The average molecular weight is 263 g/mol. The minimum absolute atomic E-state index is 0.107. The fourth-order valence-electron chi connectivity index (χ4n) is 3.49. The van der Waals surface area contributed by atoms with Gasteiger partial charge in [-0.2, -0.15) is 0 Å². The molecule has 20 heavy (non-hydrogen) atoms. The Balaban J connectivity index is 2.09. The van der Waals surface area contributed by atoms with E-state index in [9.17, 15) is 5.11 Å². The van der Waals surface area contributed by atoms with Crippen molar-refractivity contribution < 1.29 is 5.11 Å². The molecule has 2 nitrogen and oxygen atoms in total. The summed E-state index contributed by atoms with van der Waals surface area (Å²) in [7, 11) is 2.14. The second-order valence-corrected chi connectivity index (χ2v) is 5.55. The molecule has 0 bridgehead atoms. The van der Waals surface area contributed by atoms with E-state index in [0.717, 1.165) is 18.4 Å². The minimum atomic E-state index is 0.107. The van der Waals surface area contributed by atoms with E-state index in [2.05, 4.69) is 48.0 Å². The summed E-state index contributed by atoms with van der Waals surface area (Å²) in [5, 5.41) is 10.7. The predicted molar refractivity (Wildman–Crippen MR) is 81.7 cm³/mol. The first-order valence-electron chi connectivity index (χ1n) is 7.09. The Kier molecular flexibility index (Phi) is 2.48. The first kappa shape index (κ1) is 11.7. The fraction of sp³-hybridized carbons (Fsp3) is 0.222. The smallest absolute Gasteiger partial charge is 0.0682 e. The number of nitrogens with zero attached hydrogens (tertiary/aromatic N) is 1. The molecule has 0 aliphatic heterocycles. The molecule has 0 fully saturated rings. The third kappa shape index (κ3) is 1.49. The van der Waals surface area contributed by atoms with Gasteiger partial charge in [0, 0.05) is 23.5 Å². The van der Waals surface area contributed by atoms with Gasteiger partial charge in [0.15, 0.2) is 0 Å². The maximum Gasteiger partial charge on any atom is 0.0682 e. The lowest BCUT2D eigenvalue weighted by molar-refractivity contribution is 0.282. The van der Waals surface area contributed by atoms with Crippen molar-refractivity contribution in [2.75, 3.05) is 0 Å². The van der Waals surface area contributed by atoms with Crippen LogP contribution in [0.3, 0.4) is 0 Å². The Morgan fingerprint density at radius 2 is 1.95 bits per heavy atom. The summed E-state index contributed by atoms with van der Waals surface area (Å²) in [4.78, 5) is 0. The lowest BCUT2D eigenvalue weighted by atomic mass is 9.89. The van der Waals surface area contributed by atoms with Crippen LogP contribution >= 0.6 is 0 Å². The second kappa shape index (κ2) is 4.22. The van der Waals surface area contributed by atoms with E-state index in [1.807, 2.05) is 6.07 Å². The molecule has 100 valence electrons. The van der Waals surface area contributed by atoms with Crippen LogP contribution < -0.4 is 0 Å². The Hall–Kier alpha value is -2.06. The number of hydrogen-bond acceptors (Lipinski definition) is 1. The van der Waals surface area contributed by atoms with E-state index in [-0.39, 0.29) is 6.61 Å². The average Bonchev–Trinajstić information content (AvgIpc) is 2.80. The van der Waals surface area contributed by atoms with Crippen molar-refractivity contribution in [1.29, 1.82) is 0 Å². The van der Waals surface area contributed by atoms with Gasteiger partial charge in [-0.3, -0.25) is 0 Å². The van der Waals surface area contributed by atoms with Gasteiger partial charge < -0.3 is 9.67 Å². The molecule has 1 heterocycles. The van der Waals surface area contributed by atoms with E-state index in [0.29, 0.717) is 0 Å². The molecule has 0 unspecified atom stereocenters. The van der Waals surface area contributed by atoms with Crippen molar-refractivity contribution in [3.05, 3.63) is 59.2 Å². The molecule has 2 heteroatoms. The van der Waals surface area contributed by atoms with Gasteiger partial charge in [-0.25, -0.2) is 0 Å². The second-order valence-electron chi connectivity index (χ2n) is 5.55. The molecular formula is C18H17NO. The molecule has 0 amide bonds. The highest BCUT2D eigenvalue weighted by atomic mass is 16.3. The van der Waals surface area contributed by atoms with Crippen LogP contribution in [0.5, 0.6) is 0 Å². The lowest BCUT2D eigenvalue weighted by Gasteiger charge is -2.18. The molecule has 1 aliphatic carbocycles. The maximum atomic E-state index is 9.36. The SMILES string of the molecule is Cn1c2c(c3cc(CO)ccc31)CCc1ccccc1-2. The zero-order valence-corrected chi connectivity index (χ0v) is 11.6. The third-order valence-corrected chi connectivity index (χ3v) is 4.47. The maximum absolute atomic E-state index is 9.36. The van der Waals surface area contributed by atoms with Crippen LogP contribution in [0.1, 0.15) is 16.7 Å². The number of aromatic nitrogens is 1. The van der Waals surface area contributed by atoms with E-state index in [1.54, 1.807) is 0 Å². The highest BCUT2D eigenvalue weighted by molar-refractivity contribution is 5.93. The van der Waals surface area contributed by atoms with Crippen LogP contribution in [0.15, 0.2) is 42.5 Å². The van der Waals surface area contributed by atoms with Crippen LogP contribution in [0.2, 0.25) is 0 Å². The molecule has 0 saturated heterocycles. The Labute approximate surface area is 118 Å². The highest BCUT2D eigenvalue weighted by Gasteiger charge is 2.22. The number of fused-ring (bicyclic) bond motifs is 5. The summed E-state index contributed by atoms with van der Waals surface area (Å²) >= 11 is 0.